The van der Waals surface area contributed by atoms with Crippen molar-refractivity contribution in [3.05, 3.63) is 0 Å². The highest BCUT2D eigenvalue weighted by atomic mass is 79.9. The maximum absolute atomic E-state index is 11.2. The van der Waals surface area contributed by atoms with Crippen LogP contribution in [0, 0.1) is 0 Å². The molecule has 0 saturated heterocycles. The van der Waals surface area contributed by atoms with E-state index in [1.54, 1.807) is 21.0 Å². The Balaban J connectivity index is 3.38. The van der Waals surface area contributed by atoms with Crippen LogP contribution in [-0.2, 0) is 14.3 Å². The van der Waals surface area contributed by atoms with Gasteiger partial charge in [0.25, 0.3) is 0 Å². The average molecular weight is 253 g/mol. The van der Waals surface area contributed by atoms with Crippen molar-refractivity contribution in [3.63, 3.8) is 0 Å². The van der Waals surface area contributed by atoms with Crippen molar-refractivity contribution >= 4 is 21.9 Å². The Bertz CT molecular complexity index is 151. The second-order valence-electron chi connectivity index (χ2n) is 3.31. The second kappa shape index (κ2) is 6.38. The van der Waals surface area contributed by atoms with Crippen LogP contribution < -0.4 is 0 Å². The standard InChI is InChI=1S/C9H17BrO3/c1-9(2,10)8(11)13-7-5-4-6-12-3/h4-7H2,1-3H3. The number of hydrogen-bond acceptors (Lipinski definition) is 3. The first-order valence-electron chi connectivity index (χ1n) is 4.33. The average Bonchev–Trinajstić information content (AvgIpc) is 2.02. The lowest BCUT2D eigenvalue weighted by atomic mass is 10.2. The number of carbonyl (C=O) groups is 1. The summed E-state index contributed by atoms with van der Waals surface area (Å²) in [4.78, 5) is 11.2. The molecule has 0 aliphatic heterocycles. The molecular weight excluding hydrogens is 236 g/mol. The molecule has 0 unspecified atom stereocenters. The Hall–Kier alpha value is -0.0900. The van der Waals surface area contributed by atoms with E-state index in [2.05, 4.69) is 15.9 Å². The summed E-state index contributed by atoms with van der Waals surface area (Å²) in [5.74, 6) is -0.218. The Morgan fingerprint density at radius 3 is 2.31 bits per heavy atom. The van der Waals surface area contributed by atoms with E-state index in [0.29, 0.717) is 6.61 Å². The van der Waals surface area contributed by atoms with Crippen molar-refractivity contribution < 1.29 is 14.3 Å². The molecule has 13 heavy (non-hydrogen) atoms. The number of ether oxygens (including phenoxy) is 2. The van der Waals surface area contributed by atoms with Crippen molar-refractivity contribution in [3.8, 4) is 0 Å². The fraction of sp³-hybridized carbons (Fsp3) is 0.889. The first-order valence-corrected chi connectivity index (χ1v) is 5.13. The smallest absolute Gasteiger partial charge is 0.322 e. The Morgan fingerprint density at radius 1 is 1.31 bits per heavy atom. The minimum Gasteiger partial charge on any atom is -0.465 e. The maximum atomic E-state index is 11.2. The van der Waals surface area contributed by atoms with Gasteiger partial charge in [0.15, 0.2) is 0 Å². The summed E-state index contributed by atoms with van der Waals surface area (Å²) in [5, 5.41) is 0. The van der Waals surface area contributed by atoms with Crippen LogP contribution in [0.3, 0.4) is 0 Å². The zero-order valence-electron chi connectivity index (χ0n) is 8.43. The lowest BCUT2D eigenvalue weighted by Gasteiger charge is -2.14. The molecule has 0 fully saturated rings. The first kappa shape index (κ1) is 12.9. The van der Waals surface area contributed by atoms with Crippen molar-refractivity contribution in [1.82, 2.24) is 0 Å². The summed E-state index contributed by atoms with van der Waals surface area (Å²) in [6.07, 6.45) is 1.77. The van der Waals surface area contributed by atoms with Crippen molar-refractivity contribution in [2.75, 3.05) is 20.3 Å². The van der Waals surface area contributed by atoms with E-state index >= 15 is 0 Å². The summed E-state index contributed by atoms with van der Waals surface area (Å²) in [5.41, 5.74) is 0. The van der Waals surface area contributed by atoms with E-state index < -0.39 is 4.32 Å². The molecule has 4 heteroatoms. The molecule has 0 rings (SSSR count). The molecule has 0 N–H and O–H groups in total. The number of esters is 1. The molecule has 0 aliphatic rings. The van der Waals surface area contributed by atoms with Crippen LogP contribution in [0.4, 0.5) is 0 Å². The second-order valence-corrected chi connectivity index (χ2v) is 5.29. The van der Waals surface area contributed by atoms with Gasteiger partial charge in [0, 0.05) is 13.7 Å². The number of carbonyl (C=O) groups excluding carboxylic acids is 1. The van der Waals surface area contributed by atoms with Gasteiger partial charge < -0.3 is 9.47 Å². The lowest BCUT2D eigenvalue weighted by Crippen LogP contribution is -2.26. The van der Waals surface area contributed by atoms with E-state index in [4.69, 9.17) is 9.47 Å². The van der Waals surface area contributed by atoms with Gasteiger partial charge in [0.2, 0.25) is 0 Å². The van der Waals surface area contributed by atoms with Gasteiger partial charge in [0.1, 0.15) is 4.32 Å². The fourth-order valence-corrected chi connectivity index (χ4v) is 0.799. The molecule has 0 spiro atoms. The molecule has 0 atom stereocenters. The summed E-state index contributed by atoms with van der Waals surface area (Å²) >= 11 is 3.23. The fourth-order valence-electron chi connectivity index (χ4n) is 0.685. The third kappa shape index (κ3) is 7.02. The summed E-state index contributed by atoms with van der Waals surface area (Å²) in [6, 6.07) is 0. The number of alkyl halides is 1. The largest absolute Gasteiger partial charge is 0.465 e. The molecule has 0 aliphatic carbocycles. The molecule has 0 saturated carbocycles. The minimum atomic E-state index is -0.575. The highest BCUT2D eigenvalue weighted by molar-refractivity contribution is 9.10. The Morgan fingerprint density at radius 2 is 1.85 bits per heavy atom. The number of methoxy groups -OCH3 is 1. The predicted molar refractivity (Wildman–Crippen MR) is 55.1 cm³/mol. The third-order valence-corrected chi connectivity index (χ3v) is 1.79. The van der Waals surface area contributed by atoms with Crippen molar-refractivity contribution in [2.45, 2.75) is 31.0 Å². The number of hydrogen-bond donors (Lipinski definition) is 0. The van der Waals surface area contributed by atoms with Gasteiger partial charge in [-0.05, 0) is 26.7 Å². The third-order valence-electron chi connectivity index (χ3n) is 1.46. The van der Waals surface area contributed by atoms with Gasteiger partial charge in [-0.25, -0.2) is 0 Å². The quantitative estimate of drug-likeness (QED) is 0.413. The number of rotatable bonds is 6. The Labute approximate surface area is 87.9 Å². The lowest BCUT2D eigenvalue weighted by molar-refractivity contribution is -0.145. The van der Waals surface area contributed by atoms with Crippen LogP contribution in [0.5, 0.6) is 0 Å². The highest BCUT2D eigenvalue weighted by Crippen LogP contribution is 2.17. The molecule has 0 heterocycles. The SMILES string of the molecule is COCCCCOC(=O)C(C)(C)Br. The van der Waals surface area contributed by atoms with Gasteiger partial charge in [-0.2, -0.15) is 0 Å². The van der Waals surface area contributed by atoms with Crippen LogP contribution in [0.2, 0.25) is 0 Å². The van der Waals surface area contributed by atoms with Crippen LogP contribution >= 0.6 is 15.9 Å². The summed E-state index contributed by atoms with van der Waals surface area (Å²) < 4.78 is 9.30. The van der Waals surface area contributed by atoms with Gasteiger partial charge in [0.05, 0.1) is 6.61 Å². The van der Waals surface area contributed by atoms with E-state index in [-0.39, 0.29) is 5.97 Å². The molecular formula is C9H17BrO3. The van der Waals surface area contributed by atoms with Crippen LogP contribution in [-0.4, -0.2) is 30.6 Å². The van der Waals surface area contributed by atoms with Gasteiger partial charge in [-0.1, -0.05) is 15.9 Å². The molecule has 3 nitrogen and oxygen atoms in total. The minimum absolute atomic E-state index is 0.218. The van der Waals surface area contributed by atoms with Crippen LogP contribution in [0.1, 0.15) is 26.7 Å². The zero-order chi connectivity index (χ0) is 10.3. The topological polar surface area (TPSA) is 35.5 Å². The Kier molecular flexibility index (Phi) is 6.33. The maximum Gasteiger partial charge on any atom is 0.322 e. The monoisotopic (exact) mass is 252 g/mol. The van der Waals surface area contributed by atoms with E-state index in [0.717, 1.165) is 19.4 Å². The normalized spacial score (nSPS) is 11.4. The molecule has 78 valence electrons. The number of unbranched alkanes of at least 4 members (excludes halogenated alkanes) is 1. The molecule has 0 aromatic carbocycles. The molecule has 0 radical (unpaired) electrons. The summed E-state index contributed by atoms with van der Waals surface area (Å²) in [6.45, 7) is 4.72. The van der Waals surface area contributed by atoms with Gasteiger partial charge >= 0.3 is 5.97 Å². The number of halogens is 1. The van der Waals surface area contributed by atoms with Crippen LogP contribution in [0.15, 0.2) is 0 Å². The molecule has 0 aromatic heterocycles. The van der Waals surface area contributed by atoms with Crippen LogP contribution in [0.25, 0.3) is 0 Å². The summed E-state index contributed by atoms with van der Waals surface area (Å²) in [7, 11) is 1.66. The predicted octanol–water partition coefficient (Wildman–Crippen LogP) is 2.13. The first-order chi connectivity index (χ1) is 5.98. The zero-order valence-corrected chi connectivity index (χ0v) is 10.0. The molecule has 0 amide bonds. The van der Waals surface area contributed by atoms with E-state index in [9.17, 15) is 4.79 Å². The molecule has 0 aromatic rings. The van der Waals surface area contributed by atoms with Crippen molar-refractivity contribution in [2.24, 2.45) is 0 Å². The van der Waals surface area contributed by atoms with Gasteiger partial charge in [-0.3, -0.25) is 4.79 Å². The highest BCUT2D eigenvalue weighted by Gasteiger charge is 2.24. The van der Waals surface area contributed by atoms with E-state index in [1.165, 1.54) is 0 Å². The van der Waals surface area contributed by atoms with Crippen molar-refractivity contribution in [1.29, 1.82) is 0 Å². The van der Waals surface area contributed by atoms with Gasteiger partial charge in [-0.15, -0.1) is 0 Å². The molecule has 0 bridgehead atoms. The van der Waals surface area contributed by atoms with E-state index in [1.807, 2.05) is 0 Å².